The lowest BCUT2D eigenvalue weighted by atomic mass is 9.97. The van der Waals surface area contributed by atoms with E-state index < -0.39 is 6.10 Å². The van der Waals surface area contributed by atoms with Gasteiger partial charge in [-0.05, 0) is 56.6 Å². The van der Waals surface area contributed by atoms with Crippen molar-refractivity contribution in [1.82, 2.24) is 25.2 Å². The van der Waals surface area contributed by atoms with Gasteiger partial charge in [0.15, 0.2) is 11.5 Å². The van der Waals surface area contributed by atoms with E-state index >= 15 is 0 Å². The largest absolute Gasteiger partial charge is 0.492 e. The maximum atomic E-state index is 13.2. The first-order chi connectivity index (χ1) is 18.5. The highest BCUT2D eigenvalue weighted by molar-refractivity contribution is 6.08. The van der Waals surface area contributed by atoms with Crippen molar-refractivity contribution in [1.29, 1.82) is 0 Å². The highest BCUT2D eigenvalue weighted by Crippen LogP contribution is 2.48. The monoisotopic (exact) mass is 521 g/mol. The molecule has 2 atom stereocenters. The van der Waals surface area contributed by atoms with E-state index in [0.29, 0.717) is 77.3 Å². The van der Waals surface area contributed by atoms with Crippen LogP contribution in [0.5, 0.6) is 17.2 Å². The molecular weight excluding hydrogens is 490 g/mol. The first-order valence-corrected chi connectivity index (χ1v) is 13.1. The molecule has 2 amide bonds. The number of amides is 2. The number of ether oxygens (including phenoxy) is 3. The maximum Gasteiger partial charge on any atom is 0.255 e. The number of aliphatic hydroxyl groups excluding tert-OH is 1. The zero-order chi connectivity index (χ0) is 26.2. The van der Waals surface area contributed by atoms with E-state index in [0.717, 1.165) is 12.8 Å². The van der Waals surface area contributed by atoms with Crippen LogP contribution in [0.25, 0.3) is 22.3 Å². The van der Waals surface area contributed by atoms with Gasteiger partial charge in [-0.25, -0.2) is 9.97 Å². The van der Waals surface area contributed by atoms with Crippen molar-refractivity contribution < 1.29 is 28.9 Å². The number of aliphatic hydroxyl groups is 1. The van der Waals surface area contributed by atoms with Crippen molar-refractivity contribution in [2.45, 2.75) is 38.7 Å². The van der Waals surface area contributed by atoms with Crippen molar-refractivity contribution >= 4 is 22.8 Å². The molecule has 0 bridgehead atoms. The van der Waals surface area contributed by atoms with E-state index in [2.05, 4.69) is 20.3 Å². The van der Waals surface area contributed by atoms with E-state index in [4.69, 9.17) is 14.2 Å². The smallest absolute Gasteiger partial charge is 0.255 e. The molecule has 4 heterocycles. The average Bonchev–Trinajstić information content (AvgIpc) is 3.45. The van der Waals surface area contributed by atoms with Gasteiger partial charge in [0, 0.05) is 25.8 Å². The van der Waals surface area contributed by atoms with Gasteiger partial charge in [-0.3, -0.25) is 9.59 Å². The fourth-order valence-electron chi connectivity index (χ4n) is 5.12. The second kappa shape index (κ2) is 10.1. The van der Waals surface area contributed by atoms with Crippen LogP contribution in [-0.4, -0.2) is 75.9 Å². The molecule has 1 saturated carbocycles. The number of hydrogen-bond donors (Lipinski definition) is 3. The Bertz CT molecular complexity index is 1370. The maximum absolute atomic E-state index is 13.2. The van der Waals surface area contributed by atoms with Gasteiger partial charge in [-0.15, -0.1) is 0 Å². The van der Waals surface area contributed by atoms with Gasteiger partial charge in [-0.1, -0.05) is 0 Å². The molecule has 3 aliphatic rings. The van der Waals surface area contributed by atoms with Crippen molar-refractivity contribution in [3.05, 3.63) is 30.2 Å². The summed E-state index contributed by atoms with van der Waals surface area (Å²) in [6.07, 6.45) is 6.11. The zero-order valence-corrected chi connectivity index (χ0v) is 21.2. The van der Waals surface area contributed by atoms with Crippen LogP contribution in [0.4, 0.5) is 0 Å². The summed E-state index contributed by atoms with van der Waals surface area (Å²) in [7, 11) is 0. The minimum absolute atomic E-state index is 0.112. The summed E-state index contributed by atoms with van der Waals surface area (Å²) in [5.41, 5.74) is 2.74. The second-order valence-corrected chi connectivity index (χ2v) is 10.3. The lowest BCUT2D eigenvalue weighted by molar-refractivity contribution is -0.141. The minimum Gasteiger partial charge on any atom is -0.492 e. The molecule has 11 heteroatoms. The summed E-state index contributed by atoms with van der Waals surface area (Å²) >= 11 is 0. The number of fused-ring (bicyclic) bond motifs is 2. The summed E-state index contributed by atoms with van der Waals surface area (Å²) in [5, 5.41) is 12.6. The molecule has 3 N–H and O–H groups in total. The molecule has 2 fully saturated rings. The van der Waals surface area contributed by atoms with Crippen LogP contribution in [0.2, 0.25) is 0 Å². The highest BCUT2D eigenvalue weighted by Gasteiger charge is 2.30. The molecular formula is C27H31N5O6. The van der Waals surface area contributed by atoms with E-state index in [1.165, 1.54) is 26.1 Å². The fourth-order valence-corrected chi connectivity index (χ4v) is 5.12. The first-order valence-electron chi connectivity index (χ1n) is 13.1. The van der Waals surface area contributed by atoms with Crippen LogP contribution in [-0.2, 0) is 4.79 Å². The summed E-state index contributed by atoms with van der Waals surface area (Å²) in [4.78, 5) is 39.2. The number of carbonyl (C=O) groups excluding carboxylic acids is 2. The number of H-pyrrole nitrogens is 1. The first kappa shape index (κ1) is 24.5. The second-order valence-electron chi connectivity index (χ2n) is 10.3. The number of benzene rings is 1. The van der Waals surface area contributed by atoms with Gasteiger partial charge in [0.25, 0.3) is 11.8 Å². The highest BCUT2D eigenvalue weighted by atomic mass is 16.7. The van der Waals surface area contributed by atoms with Crippen molar-refractivity contribution in [2.75, 3.05) is 33.0 Å². The van der Waals surface area contributed by atoms with Gasteiger partial charge in [0.1, 0.15) is 29.4 Å². The Hall–Kier alpha value is -3.86. The molecule has 200 valence electrons. The topological polar surface area (TPSA) is 139 Å². The third-order valence-electron chi connectivity index (χ3n) is 7.36. The summed E-state index contributed by atoms with van der Waals surface area (Å²) < 4.78 is 17.6. The minimum atomic E-state index is -1.02. The van der Waals surface area contributed by atoms with Crippen LogP contribution in [0.1, 0.15) is 43.0 Å². The normalized spacial score (nSPS) is 19.4. The molecule has 6 rings (SSSR count). The van der Waals surface area contributed by atoms with Crippen molar-refractivity contribution in [3.63, 3.8) is 0 Å². The molecule has 0 radical (unpaired) electrons. The van der Waals surface area contributed by atoms with Gasteiger partial charge < -0.3 is 34.5 Å². The Labute approximate surface area is 219 Å². The number of piperidine rings is 1. The Morgan fingerprint density at radius 2 is 2.11 bits per heavy atom. The molecule has 2 aromatic heterocycles. The molecule has 1 saturated heterocycles. The van der Waals surface area contributed by atoms with Crippen LogP contribution < -0.4 is 19.5 Å². The third-order valence-corrected chi connectivity index (χ3v) is 7.36. The Kier molecular flexibility index (Phi) is 6.52. The molecule has 2 aliphatic heterocycles. The molecule has 3 aromatic rings. The quantitative estimate of drug-likeness (QED) is 0.411. The van der Waals surface area contributed by atoms with Crippen LogP contribution >= 0.6 is 0 Å². The predicted octanol–water partition coefficient (Wildman–Crippen LogP) is 2.49. The van der Waals surface area contributed by atoms with E-state index in [1.54, 1.807) is 11.1 Å². The molecule has 38 heavy (non-hydrogen) atoms. The van der Waals surface area contributed by atoms with Crippen molar-refractivity contribution in [2.24, 2.45) is 11.8 Å². The molecule has 0 spiro atoms. The average molecular weight is 522 g/mol. The van der Waals surface area contributed by atoms with Crippen LogP contribution in [0.15, 0.2) is 24.7 Å². The summed E-state index contributed by atoms with van der Waals surface area (Å²) in [5.74, 6) is 1.97. The number of carbonyl (C=O) groups is 2. The molecule has 1 unspecified atom stereocenters. The number of nitrogens with one attached hydrogen (secondary N) is 2. The van der Waals surface area contributed by atoms with Crippen LogP contribution in [0.3, 0.4) is 0 Å². The van der Waals surface area contributed by atoms with Crippen LogP contribution in [0, 0.1) is 11.8 Å². The van der Waals surface area contributed by atoms with Gasteiger partial charge in [-0.2, -0.15) is 0 Å². The third kappa shape index (κ3) is 4.73. The number of hydrogen-bond acceptors (Lipinski definition) is 8. The number of likely N-dealkylation sites (tertiary alicyclic amines) is 1. The lowest BCUT2D eigenvalue weighted by Gasteiger charge is -2.33. The fraction of sp³-hybridized carbons (Fsp3) is 0.481. The predicted molar refractivity (Wildman–Crippen MR) is 137 cm³/mol. The number of nitrogens with zero attached hydrogens (tertiary/aromatic N) is 3. The molecule has 1 aromatic carbocycles. The van der Waals surface area contributed by atoms with Crippen molar-refractivity contribution in [3.8, 4) is 28.5 Å². The lowest BCUT2D eigenvalue weighted by Crippen LogP contribution is -2.46. The standard InChI is InChI=1S/C27H31N5O6/c1-15(33)27(35)32-8-2-3-17(11-32)9-29-26(34)18-10-28-24-22(18)30-13-31-23(24)21-19(36-12-16-4-5-16)6-7-20-25(21)38-14-37-20/h6-7,10,13,15-17,28,33H,2-5,8-9,11-12,14H2,1H3,(H,29,34)/t15-,17?/m0/s1. The number of rotatable bonds is 8. The van der Waals surface area contributed by atoms with Gasteiger partial charge in [0.2, 0.25) is 6.79 Å². The van der Waals surface area contributed by atoms with E-state index in [9.17, 15) is 14.7 Å². The number of aromatic amines is 1. The van der Waals surface area contributed by atoms with E-state index in [-0.39, 0.29) is 24.5 Å². The number of aromatic nitrogens is 3. The van der Waals surface area contributed by atoms with Gasteiger partial charge >= 0.3 is 0 Å². The Morgan fingerprint density at radius 1 is 1.24 bits per heavy atom. The van der Waals surface area contributed by atoms with E-state index in [1.807, 2.05) is 12.1 Å². The Morgan fingerprint density at radius 3 is 2.92 bits per heavy atom. The summed E-state index contributed by atoms with van der Waals surface area (Å²) in [6, 6.07) is 3.70. The SMILES string of the molecule is C[C@H](O)C(=O)N1CCCC(CNC(=O)c2c[nH]c3c(-c4c(OCC5CC5)ccc5c4OCO5)ncnc23)C1. The zero-order valence-electron chi connectivity index (χ0n) is 21.2. The summed E-state index contributed by atoms with van der Waals surface area (Å²) in [6.45, 7) is 3.77. The molecule has 1 aliphatic carbocycles. The Balaban J connectivity index is 1.23. The van der Waals surface area contributed by atoms with Gasteiger partial charge in [0.05, 0.1) is 23.3 Å². The molecule has 11 nitrogen and oxygen atoms in total.